The van der Waals surface area contributed by atoms with Crippen molar-refractivity contribution in [3.63, 3.8) is 0 Å². The first-order valence-electron chi connectivity index (χ1n) is 10.3. The maximum absolute atomic E-state index is 13.0. The Morgan fingerprint density at radius 2 is 1.76 bits per heavy atom. The number of hydrogen-bond donors (Lipinski definition) is 0. The van der Waals surface area contributed by atoms with Gasteiger partial charge >= 0.3 is 0 Å². The van der Waals surface area contributed by atoms with E-state index in [1.807, 2.05) is 35.7 Å². The van der Waals surface area contributed by atoms with Gasteiger partial charge in [-0.25, -0.2) is 4.98 Å². The van der Waals surface area contributed by atoms with Crippen LogP contribution in [0.5, 0.6) is 0 Å². The minimum atomic E-state index is -0.231. The molecule has 1 fully saturated rings. The standard InChI is InChI=1S/C23H19ClN4O3S2/c24-16-5-3-15(4-6-16)19-12-17-21(33-19)23(31)28(14-25-17)13-20(29)26-7-9-27(10-8-26)22(30)18-2-1-11-32-18/h1-6,11-12,14H,7-10,13H2. The number of piperazine rings is 1. The highest BCUT2D eigenvalue weighted by Gasteiger charge is 2.25. The predicted molar refractivity (Wildman–Crippen MR) is 131 cm³/mol. The molecule has 0 radical (unpaired) electrons. The fourth-order valence-corrected chi connectivity index (χ4v) is 5.66. The van der Waals surface area contributed by atoms with E-state index in [1.54, 1.807) is 21.9 Å². The van der Waals surface area contributed by atoms with Gasteiger partial charge in [0.25, 0.3) is 11.5 Å². The molecule has 168 valence electrons. The Labute approximate surface area is 202 Å². The topological polar surface area (TPSA) is 75.5 Å². The zero-order valence-electron chi connectivity index (χ0n) is 17.4. The molecule has 1 aromatic carbocycles. The monoisotopic (exact) mass is 498 g/mol. The van der Waals surface area contributed by atoms with E-state index in [4.69, 9.17) is 11.6 Å². The van der Waals surface area contributed by atoms with Crippen molar-refractivity contribution in [1.82, 2.24) is 19.4 Å². The number of aromatic nitrogens is 2. The lowest BCUT2D eigenvalue weighted by Gasteiger charge is -2.34. The molecule has 0 aliphatic carbocycles. The van der Waals surface area contributed by atoms with E-state index < -0.39 is 0 Å². The van der Waals surface area contributed by atoms with Crippen molar-refractivity contribution in [2.24, 2.45) is 0 Å². The van der Waals surface area contributed by atoms with Crippen LogP contribution in [0, 0.1) is 0 Å². The van der Waals surface area contributed by atoms with Crippen LogP contribution in [0.4, 0.5) is 0 Å². The number of carbonyl (C=O) groups excluding carboxylic acids is 2. The van der Waals surface area contributed by atoms with Crippen LogP contribution < -0.4 is 5.56 Å². The third-order valence-electron chi connectivity index (χ3n) is 5.59. The van der Waals surface area contributed by atoms with E-state index in [-0.39, 0.29) is 23.9 Å². The molecule has 4 aromatic rings. The van der Waals surface area contributed by atoms with Gasteiger partial charge in [0.1, 0.15) is 11.2 Å². The van der Waals surface area contributed by atoms with Crippen LogP contribution in [0.25, 0.3) is 20.7 Å². The van der Waals surface area contributed by atoms with Crippen LogP contribution >= 0.6 is 34.3 Å². The summed E-state index contributed by atoms with van der Waals surface area (Å²) < 4.78 is 1.87. The summed E-state index contributed by atoms with van der Waals surface area (Å²) in [5, 5.41) is 2.53. The molecular weight excluding hydrogens is 480 g/mol. The van der Waals surface area contributed by atoms with Crippen LogP contribution in [0.1, 0.15) is 9.67 Å². The molecule has 0 unspecified atom stereocenters. The largest absolute Gasteiger partial charge is 0.338 e. The van der Waals surface area contributed by atoms with Crippen LogP contribution in [0.15, 0.2) is 59.0 Å². The van der Waals surface area contributed by atoms with Crippen LogP contribution in [-0.4, -0.2) is 57.3 Å². The number of thiophene rings is 2. The van der Waals surface area contributed by atoms with E-state index in [1.165, 1.54) is 33.6 Å². The van der Waals surface area contributed by atoms with Gasteiger partial charge in [-0.1, -0.05) is 29.8 Å². The molecule has 0 spiro atoms. The van der Waals surface area contributed by atoms with Gasteiger partial charge in [0.15, 0.2) is 0 Å². The number of hydrogen-bond acceptors (Lipinski definition) is 6. The number of nitrogens with zero attached hydrogens (tertiary/aromatic N) is 4. The molecule has 33 heavy (non-hydrogen) atoms. The second-order valence-corrected chi connectivity index (χ2v) is 10.1. The zero-order chi connectivity index (χ0) is 22.9. The smallest absolute Gasteiger partial charge is 0.271 e. The summed E-state index contributed by atoms with van der Waals surface area (Å²) in [5.41, 5.74) is 1.34. The Balaban J connectivity index is 1.27. The highest BCUT2D eigenvalue weighted by atomic mass is 35.5. The number of halogens is 1. The van der Waals surface area contributed by atoms with Gasteiger partial charge < -0.3 is 9.80 Å². The van der Waals surface area contributed by atoms with Gasteiger partial charge in [0.2, 0.25) is 5.91 Å². The highest BCUT2D eigenvalue weighted by Crippen LogP contribution is 2.31. The average molecular weight is 499 g/mol. The fourth-order valence-electron chi connectivity index (χ4n) is 3.78. The van der Waals surface area contributed by atoms with Gasteiger partial charge in [-0.2, -0.15) is 0 Å². The van der Waals surface area contributed by atoms with Crippen molar-refractivity contribution in [2.45, 2.75) is 6.54 Å². The molecule has 10 heteroatoms. The molecule has 3 aromatic heterocycles. The van der Waals surface area contributed by atoms with Crippen molar-refractivity contribution in [3.05, 3.63) is 74.4 Å². The Kier molecular flexibility index (Phi) is 6.01. The summed E-state index contributed by atoms with van der Waals surface area (Å²) in [6.07, 6.45) is 1.43. The zero-order valence-corrected chi connectivity index (χ0v) is 19.8. The molecule has 0 saturated carbocycles. The van der Waals surface area contributed by atoms with Gasteiger partial charge in [-0.3, -0.25) is 19.0 Å². The Bertz CT molecular complexity index is 1370. The Morgan fingerprint density at radius 3 is 2.45 bits per heavy atom. The molecule has 1 aliphatic rings. The minimum Gasteiger partial charge on any atom is -0.338 e. The summed E-state index contributed by atoms with van der Waals surface area (Å²) in [7, 11) is 0. The molecule has 0 N–H and O–H groups in total. The maximum atomic E-state index is 13.0. The first kappa shape index (κ1) is 21.8. The molecule has 1 aliphatic heterocycles. The number of carbonyl (C=O) groups is 2. The predicted octanol–water partition coefficient (Wildman–Crippen LogP) is 3.82. The summed E-state index contributed by atoms with van der Waals surface area (Å²) >= 11 is 8.74. The molecule has 7 nitrogen and oxygen atoms in total. The lowest BCUT2D eigenvalue weighted by molar-refractivity contribution is -0.133. The second kappa shape index (κ2) is 9.09. The van der Waals surface area contributed by atoms with E-state index in [9.17, 15) is 14.4 Å². The van der Waals surface area contributed by atoms with Gasteiger partial charge in [0, 0.05) is 36.1 Å². The first-order valence-corrected chi connectivity index (χ1v) is 12.4. The molecule has 4 heterocycles. The summed E-state index contributed by atoms with van der Waals surface area (Å²) in [6, 6.07) is 12.9. The van der Waals surface area contributed by atoms with E-state index in [0.29, 0.717) is 46.3 Å². The summed E-state index contributed by atoms with van der Waals surface area (Å²) in [4.78, 5) is 47.8. The molecular formula is C23H19ClN4O3S2. The molecule has 0 bridgehead atoms. The Hall–Kier alpha value is -3.01. The van der Waals surface area contributed by atoms with E-state index >= 15 is 0 Å². The normalized spacial score (nSPS) is 14.1. The quantitative estimate of drug-likeness (QED) is 0.428. The van der Waals surface area contributed by atoms with Crippen molar-refractivity contribution >= 4 is 56.3 Å². The van der Waals surface area contributed by atoms with Crippen LogP contribution in [0.2, 0.25) is 5.02 Å². The number of benzene rings is 1. The lowest BCUT2D eigenvalue weighted by atomic mass is 10.2. The highest BCUT2D eigenvalue weighted by molar-refractivity contribution is 7.22. The second-order valence-electron chi connectivity index (χ2n) is 7.66. The third-order valence-corrected chi connectivity index (χ3v) is 7.86. The Morgan fingerprint density at radius 1 is 1.03 bits per heavy atom. The fraction of sp³-hybridized carbons (Fsp3) is 0.217. The number of amides is 2. The molecule has 0 atom stereocenters. The van der Waals surface area contributed by atoms with Crippen molar-refractivity contribution in [3.8, 4) is 10.4 Å². The van der Waals surface area contributed by atoms with Gasteiger partial charge in [0.05, 0.1) is 16.7 Å². The summed E-state index contributed by atoms with van der Waals surface area (Å²) in [6.45, 7) is 1.77. The molecule has 5 rings (SSSR count). The first-order chi connectivity index (χ1) is 16.0. The maximum Gasteiger partial charge on any atom is 0.271 e. The van der Waals surface area contributed by atoms with Crippen LogP contribution in [0.3, 0.4) is 0 Å². The SMILES string of the molecule is O=C(Cn1cnc2cc(-c3ccc(Cl)cc3)sc2c1=O)N1CCN(C(=O)c2cccs2)CC1. The van der Waals surface area contributed by atoms with E-state index in [2.05, 4.69) is 4.98 Å². The molecule has 2 amide bonds. The number of fused-ring (bicyclic) bond motifs is 1. The third kappa shape index (κ3) is 4.44. The molecule has 1 saturated heterocycles. The van der Waals surface area contributed by atoms with E-state index in [0.717, 1.165) is 10.4 Å². The summed E-state index contributed by atoms with van der Waals surface area (Å²) in [5.74, 6) is -0.159. The number of rotatable bonds is 4. The minimum absolute atomic E-state index is 0.00263. The van der Waals surface area contributed by atoms with Gasteiger partial charge in [-0.15, -0.1) is 22.7 Å². The van der Waals surface area contributed by atoms with Crippen molar-refractivity contribution < 1.29 is 9.59 Å². The van der Waals surface area contributed by atoms with Crippen LogP contribution in [-0.2, 0) is 11.3 Å². The average Bonchev–Trinajstić information content (AvgIpc) is 3.52. The lowest BCUT2D eigenvalue weighted by Crippen LogP contribution is -2.51. The van der Waals surface area contributed by atoms with Crippen molar-refractivity contribution in [1.29, 1.82) is 0 Å². The van der Waals surface area contributed by atoms with Crippen molar-refractivity contribution in [2.75, 3.05) is 26.2 Å². The van der Waals surface area contributed by atoms with Gasteiger partial charge in [-0.05, 0) is 35.2 Å².